The van der Waals surface area contributed by atoms with Crippen molar-refractivity contribution in [3.63, 3.8) is 0 Å². The molecule has 5 rings (SSSR count). The van der Waals surface area contributed by atoms with Crippen molar-refractivity contribution in [2.75, 3.05) is 0 Å². The number of hydrogen-bond donors (Lipinski definition) is 2. The zero-order valence-corrected chi connectivity index (χ0v) is 22.4. The Morgan fingerprint density at radius 2 is 1.65 bits per heavy atom. The summed E-state index contributed by atoms with van der Waals surface area (Å²) in [5.41, 5.74) is 0.0116. The summed E-state index contributed by atoms with van der Waals surface area (Å²) in [5.74, 6) is 1.09. The van der Waals surface area contributed by atoms with Crippen LogP contribution in [-0.4, -0.2) is 28.1 Å². The minimum Gasteiger partial charge on any atom is -0.481 e. The standard InChI is InChI=1S/C30H46O4/c1-17-10-13-30(25(33)34)15-14-27(5)19(24(30)18(17)2)8-9-21-28(27,6)12-11-20-26(3,4)22(31)16-23(32)29(20,21)7/h8,17-18,20-21,23-24,32H,9-16H2,1-7H3,(H,33,34)/t17-,18+,20?,21+,23+,24+,27-,28-,29+,30+/m1/s1. The van der Waals surface area contributed by atoms with Crippen LogP contribution in [0.2, 0.25) is 0 Å². The van der Waals surface area contributed by atoms with E-state index in [0.717, 1.165) is 44.9 Å². The average Bonchev–Trinajstić information content (AvgIpc) is 2.75. The second-order valence-corrected chi connectivity index (χ2v) is 14.3. The van der Waals surface area contributed by atoms with E-state index in [0.29, 0.717) is 17.8 Å². The van der Waals surface area contributed by atoms with Gasteiger partial charge in [0.15, 0.2) is 0 Å². The van der Waals surface area contributed by atoms with Gasteiger partial charge >= 0.3 is 5.97 Å². The van der Waals surface area contributed by atoms with Gasteiger partial charge in [0.05, 0.1) is 11.5 Å². The van der Waals surface area contributed by atoms with E-state index in [2.05, 4.69) is 54.5 Å². The number of allylic oxidation sites excluding steroid dienone is 2. The number of aliphatic hydroxyl groups is 1. The van der Waals surface area contributed by atoms with Crippen molar-refractivity contribution in [3.05, 3.63) is 11.6 Å². The van der Waals surface area contributed by atoms with Crippen LogP contribution in [0.3, 0.4) is 0 Å². The Morgan fingerprint density at radius 3 is 2.29 bits per heavy atom. The van der Waals surface area contributed by atoms with Gasteiger partial charge in [-0.25, -0.2) is 0 Å². The fraction of sp³-hybridized carbons (Fsp3) is 0.867. The van der Waals surface area contributed by atoms with Gasteiger partial charge in [-0.2, -0.15) is 0 Å². The van der Waals surface area contributed by atoms with Gasteiger partial charge in [-0.15, -0.1) is 0 Å². The first kappa shape index (κ1) is 24.5. The van der Waals surface area contributed by atoms with E-state index in [4.69, 9.17) is 0 Å². The Kier molecular flexibility index (Phi) is 5.20. The van der Waals surface area contributed by atoms with Gasteiger partial charge in [-0.1, -0.05) is 60.1 Å². The highest BCUT2D eigenvalue weighted by Crippen LogP contribution is 2.75. The van der Waals surface area contributed by atoms with Crippen LogP contribution in [0.1, 0.15) is 99.8 Å². The van der Waals surface area contributed by atoms with Crippen LogP contribution in [0.25, 0.3) is 0 Å². The maximum Gasteiger partial charge on any atom is 0.310 e. The summed E-state index contributed by atoms with van der Waals surface area (Å²) in [4.78, 5) is 25.7. The average molecular weight is 471 g/mol. The third-order valence-corrected chi connectivity index (χ3v) is 13.3. The first-order valence-corrected chi connectivity index (χ1v) is 13.8. The van der Waals surface area contributed by atoms with Crippen LogP contribution in [0.15, 0.2) is 11.6 Å². The van der Waals surface area contributed by atoms with Gasteiger partial charge < -0.3 is 10.2 Å². The molecule has 190 valence electrons. The second-order valence-electron chi connectivity index (χ2n) is 14.3. The summed E-state index contributed by atoms with van der Waals surface area (Å²) in [6.45, 7) is 16.0. The number of carbonyl (C=O) groups excluding carboxylic acids is 1. The highest BCUT2D eigenvalue weighted by Gasteiger charge is 2.71. The molecule has 0 heterocycles. The summed E-state index contributed by atoms with van der Waals surface area (Å²) < 4.78 is 0. The largest absolute Gasteiger partial charge is 0.481 e. The van der Waals surface area contributed by atoms with E-state index in [1.165, 1.54) is 5.57 Å². The molecule has 4 nitrogen and oxygen atoms in total. The minimum atomic E-state index is -0.625. The molecule has 0 spiro atoms. The molecule has 4 saturated carbocycles. The molecule has 1 unspecified atom stereocenters. The molecule has 0 amide bonds. The highest BCUT2D eigenvalue weighted by molar-refractivity contribution is 5.86. The number of aliphatic hydroxyl groups excluding tert-OH is 1. The predicted molar refractivity (Wildman–Crippen MR) is 133 cm³/mol. The number of hydrogen-bond acceptors (Lipinski definition) is 3. The van der Waals surface area contributed by atoms with Crippen LogP contribution in [0, 0.1) is 56.7 Å². The van der Waals surface area contributed by atoms with Gasteiger partial charge in [0.25, 0.3) is 0 Å². The summed E-state index contributed by atoms with van der Waals surface area (Å²) in [5, 5.41) is 22.0. The topological polar surface area (TPSA) is 74.6 Å². The first-order chi connectivity index (χ1) is 15.7. The second kappa shape index (κ2) is 7.20. The molecule has 2 N–H and O–H groups in total. The third-order valence-electron chi connectivity index (χ3n) is 13.3. The smallest absolute Gasteiger partial charge is 0.310 e. The van der Waals surface area contributed by atoms with Crippen molar-refractivity contribution in [1.29, 1.82) is 0 Å². The van der Waals surface area contributed by atoms with Crippen molar-refractivity contribution in [3.8, 4) is 0 Å². The highest BCUT2D eigenvalue weighted by atomic mass is 16.4. The lowest BCUT2D eigenvalue weighted by molar-refractivity contribution is -0.217. The molecule has 0 bridgehead atoms. The maximum absolute atomic E-state index is 13.0. The number of aliphatic carboxylic acids is 1. The molecule has 10 atom stereocenters. The molecule has 0 aliphatic heterocycles. The Balaban J connectivity index is 1.64. The fourth-order valence-electron chi connectivity index (χ4n) is 10.6. The summed E-state index contributed by atoms with van der Waals surface area (Å²) in [7, 11) is 0. The summed E-state index contributed by atoms with van der Waals surface area (Å²) in [6.07, 6.45) is 8.46. The number of fused-ring (bicyclic) bond motifs is 7. The molecular formula is C30H46O4. The molecule has 0 radical (unpaired) electrons. The van der Waals surface area contributed by atoms with Gasteiger partial charge in [0.1, 0.15) is 5.78 Å². The SMILES string of the molecule is C[C@H]1[C@H](C)CC[C@]2(C(=O)O)CC[C@]3(C)C(=CC[C@@H]4[C@]5(C)C(CC[C@]43C)C(C)(C)C(=O)C[C@@H]5O)[C@H]12. The number of carboxylic acid groups (broad SMARTS) is 1. The minimum absolute atomic E-state index is 0.00908. The monoisotopic (exact) mass is 470 g/mol. The van der Waals surface area contributed by atoms with E-state index < -0.39 is 22.9 Å². The molecule has 5 aliphatic rings. The van der Waals surface area contributed by atoms with Crippen LogP contribution in [0.5, 0.6) is 0 Å². The van der Waals surface area contributed by atoms with Crippen LogP contribution < -0.4 is 0 Å². The van der Waals surface area contributed by atoms with Crippen molar-refractivity contribution in [2.45, 2.75) is 106 Å². The molecule has 0 saturated heterocycles. The molecule has 0 aromatic heterocycles. The molecule has 5 aliphatic carbocycles. The first-order valence-electron chi connectivity index (χ1n) is 13.8. The number of carbonyl (C=O) groups is 2. The Hall–Kier alpha value is -1.16. The molecule has 4 fully saturated rings. The predicted octanol–water partition coefficient (Wildman–Crippen LogP) is 6.27. The maximum atomic E-state index is 13.0. The van der Waals surface area contributed by atoms with Crippen LogP contribution in [0.4, 0.5) is 0 Å². The zero-order valence-electron chi connectivity index (χ0n) is 22.4. The molecular weight excluding hydrogens is 424 g/mol. The van der Waals surface area contributed by atoms with E-state index in [-0.39, 0.29) is 40.3 Å². The van der Waals surface area contributed by atoms with Crippen molar-refractivity contribution >= 4 is 11.8 Å². The van der Waals surface area contributed by atoms with Crippen molar-refractivity contribution in [2.24, 2.45) is 56.7 Å². The Bertz CT molecular complexity index is 949. The zero-order chi connectivity index (χ0) is 25.1. The normalized spacial score (nSPS) is 54.1. The number of carboxylic acids is 1. The number of rotatable bonds is 1. The van der Waals surface area contributed by atoms with Gasteiger partial charge in [-0.05, 0) is 85.4 Å². The van der Waals surface area contributed by atoms with Crippen LogP contribution in [-0.2, 0) is 9.59 Å². The van der Waals surface area contributed by atoms with Gasteiger partial charge in [0, 0.05) is 17.3 Å². The van der Waals surface area contributed by atoms with E-state index in [1.807, 2.05) is 0 Å². The van der Waals surface area contributed by atoms with E-state index >= 15 is 0 Å². The Morgan fingerprint density at radius 1 is 0.971 bits per heavy atom. The lowest BCUT2D eigenvalue weighted by atomic mass is 9.33. The lowest BCUT2D eigenvalue weighted by Gasteiger charge is -2.71. The van der Waals surface area contributed by atoms with E-state index in [1.54, 1.807) is 0 Å². The molecule has 34 heavy (non-hydrogen) atoms. The Labute approximate surface area is 206 Å². The summed E-state index contributed by atoms with van der Waals surface area (Å²) >= 11 is 0. The van der Waals surface area contributed by atoms with Crippen molar-refractivity contribution < 1.29 is 19.8 Å². The van der Waals surface area contributed by atoms with Crippen LogP contribution >= 0.6 is 0 Å². The van der Waals surface area contributed by atoms with Gasteiger partial charge in [0.2, 0.25) is 0 Å². The lowest BCUT2D eigenvalue weighted by Crippen LogP contribution is -2.68. The summed E-state index contributed by atoms with van der Waals surface area (Å²) in [6, 6.07) is 0. The van der Waals surface area contributed by atoms with E-state index in [9.17, 15) is 19.8 Å². The van der Waals surface area contributed by atoms with Crippen molar-refractivity contribution in [1.82, 2.24) is 0 Å². The molecule has 4 heteroatoms. The number of ketones is 1. The number of Topliss-reactive ketones (excluding diaryl/α,β-unsaturated/α-hetero) is 1. The molecule has 0 aromatic carbocycles. The molecule has 0 aromatic rings. The quantitative estimate of drug-likeness (QED) is 0.443. The fourth-order valence-corrected chi connectivity index (χ4v) is 10.6. The third kappa shape index (κ3) is 2.65. The van der Waals surface area contributed by atoms with Gasteiger partial charge in [-0.3, -0.25) is 9.59 Å².